The highest BCUT2D eigenvalue weighted by Gasteiger charge is 2.46. The van der Waals surface area contributed by atoms with Crippen molar-refractivity contribution < 1.29 is 6.85 Å². The molecule has 1 fully saturated rings. The maximum atomic E-state index is 7.69. The van der Waals surface area contributed by atoms with E-state index in [2.05, 4.69) is 0 Å². The molecule has 12 heavy (non-hydrogen) atoms. The van der Waals surface area contributed by atoms with Gasteiger partial charge in [-0.25, -0.2) is 0 Å². The van der Waals surface area contributed by atoms with Gasteiger partial charge in [0.1, 0.15) is 0 Å². The molecule has 0 nitrogen and oxygen atoms in total. The van der Waals surface area contributed by atoms with Gasteiger partial charge in [-0.15, -0.1) is 69.6 Å². The summed E-state index contributed by atoms with van der Waals surface area (Å²) in [7, 11) is 0. The Morgan fingerprint density at radius 1 is 0.583 bits per heavy atom. The highest BCUT2D eigenvalue weighted by atomic mass is 35.5. The van der Waals surface area contributed by atoms with Crippen LogP contribution in [-0.4, -0.2) is 32.1 Å². The number of halogens is 6. The Kier molecular flexibility index (Phi) is 2.38. The summed E-state index contributed by atoms with van der Waals surface area (Å²) in [6.45, 7) is 0. The molecule has 0 saturated heterocycles. The summed E-state index contributed by atoms with van der Waals surface area (Å²) in [6.07, 6.45) is 0. The fourth-order valence-corrected chi connectivity index (χ4v) is 2.19. The quantitative estimate of drug-likeness (QED) is 0.599. The first-order valence-electron chi connectivity index (χ1n) is 5.24. The highest BCUT2D eigenvalue weighted by molar-refractivity contribution is 6.45. The molecule has 0 aromatic carbocycles. The van der Waals surface area contributed by atoms with Crippen LogP contribution in [0.4, 0.5) is 0 Å². The Balaban J connectivity index is 3.56. The van der Waals surface area contributed by atoms with Crippen LogP contribution in [0.1, 0.15) is 6.85 Å². The van der Waals surface area contributed by atoms with Crippen molar-refractivity contribution in [2.24, 2.45) is 0 Å². The monoisotopic (exact) mass is 293 g/mol. The number of hydrogen-bond acceptors (Lipinski definition) is 0. The van der Waals surface area contributed by atoms with Crippen LogP contribution in [0.25, 0.3) is 0 Å². The van der Waals surface area contributed by atoms with Gasteiger partial charge in [-0.3, -0.25) is 0 Å². The zero-order valence-corrected chi connectivity index (χ0v) is 9.88. The molecule has 4 atom stereocenters. The van der Waals surface area contributed by atoms with E-state index < -0.39 is 32.1 Å². The molecule has 0 bridgehead atoms. The van der Waals surface area contributed by atoms with Gasteiger partial charge in [0, 0.05) is 0 Å². The summed E-state index contributed by atoms with van der Waals surface area (Å²) >= 11 is 34.0. The normalized spacial score (nSPS) is 92.2. The average Bonchev–Trinajstić information content (AvgIpc) is 2.13. The molecule has 1 aliphatic carbocycles. The van der Waals surface area contributed by atoms with E-state index in [4.69, 9.17) is 76.5 Å². The zero-order valence-electron chi connectivity index (χ0n) is 10.3. The van der Waals surface area contributed by atoms with Crippen molar-refractivity contribution in [2.75, 3.05) is 0 Å². The third-order valence-electron chi connectivity index (χ3n) is 1.25. The Labute approximate surface area is 108 Å². The van der Waals surface area contributed by atoms with Gasteiger partial charge in [-0.05, 0) is 0 Å². The van der Waals surface area contributed by atoms with Gasteiger partial charge < -0.3 is 0 Å². The Morgan fingerprint density at radius 3 is 1.17 bits per heavy atom. The van der Waals surface area contributed by atoms with Gasteiger partial charge in [0.05, 0.1) is 39.0 Å². The topological polar surface area (TPSA) is 0 Å². The fraction of sp³-hybridized carbons (Fsp3) is 1.00. The maximum absolute atomic E-state index is 7.69. The second-order valence-electron chi connectivity index (χ2n) is 2.00. The molecule has 0 amide bonds. The van der Waals surface area contributed by atoms with E-state index in [1.54, 1.807) is 0 Å². The molecular weight excluding hydrogens is 285 g/mol. The fourth-order valence-electron chi connectivity index (χ4n) is 0.640. The smallest absolute Gasteiger partial charge is 0.0693 e. The molecule has 0 aromatic rings. The lowest BCUT2D eigenvalue weighted by Gasteiger charge is -2.37. The van der Waals surface area contributed by atoms with E-state index in [1.165, 1.54) is 0 Å². The summed E-state index contributed by atoms with van der Waals surface area (Å²) in [5, 5.41) is -15.2. The van der Waals surface area contributed by atoms with Crippen molar-refractivity contribution in [1.82, 2.24) is 0 Å². The molecule has 1 aliphatic rings. The first-order valence-corrected chi connectivity index (χ1v) is 5.07. The minimum absolute atomic E-state index is 1.79. The van der Waals surface area contributed by atoms with Gasteiger partial charge in [0.15, 0.2) is 0 Å². The van der Waals surface area contributed by atoms with E-state index >= 15 is 0 Å². The SMILES string of the molecule is [2H]C1(Cl)[C@@]([2H])(Cl)[C@]([2H])(Cl)C(Cl)[C@@]([2H])(Cl)[C@]1([2H])Cl. The molecule has 1 rings (SSSR count). The van der Waals surface area contributed by atoms with Gasteiger partial charge in [-0.2, -0.15) is 0 Å². The van der Waals surface area contributed by atoms with Gasteiger partial charge in [0.2, 0.25) is 0 Å². The molecule has 0 spiro atoms. The molecule has 0 aromatic heterocycles. The predicted octanol–water partition coefficient (Wildman–Crippen LogP) is 3.64. The maximum Gasteiger partial charge on any atom is 0.0693 e. The highest BCUT2D eigenvalue weighted by Crippen LogP contribution is 2.39. The second kappa shape index (κ2) is 4.51. The minimum atomic E-state index is -2.82. The summed E-state index contributed by atoms with van der Waals surface area (Å²) in [5.41, 5.74) is 0. The summed E-state index contributed by atoms with van der Waals surface area (Å²) in [5.74, 6) is 0. The summed E-state index contributed by atoms with van der Waals surface area (Å²) in [4.78, 5) is 0. The summed E-state index contributed by atoms with van der Waals surface area (Å²) < 4.78 is 38.4. The standard InChI is InChI=1S/C6H6Cl6/c7-1-2(8)4(10)6(12)5(11)3(1)9/h1-6H/t1-,2-,3?,4?,5+,6+/m0/s1/i1D,2D,3D,4D,5D/t1?,2-,3-,4+,5+,6?/m1. The Hall–Kier alpha value is 1.74. The van der Waals surface area contributed by atoms with Gasteiger partial charge >= 0.3 is 0 Å². The molecule has 72 valence electrons. The third-order valence-corrected chi connectivity index (χ3v) is 4.27. The minimum Gasteiger partial charge on any atom is -0.120 e. The first kappa shape index (κ1) is 6.35. The molecule has 0 heterocycles. The molecule has 0 aliphatic heterocycles. The third kappa shape index (κ3) is 2.04. The number of hydrogen-bond donors (Lipinski definition) is 0. The molecule has 1 saturated carbocycles. The first-order chi connectivity index (χ1) is 7.15. The number of alkyl halides is 6. The molecule has 0 radical (unpaired) electrons. The van der Waals surface area contributed by atoms with Crippen LogP contribution in [0.5, 0.6) is 0 Å². The molecule has 6 heteroatoms. The van der Waals surface area contributed by atoms with Crippen LogP contribution >= 0.6 is 69.6 Å². The second-order valence-corrected chi connectivity index (χ2v) is 4.39. The van der Waals surface area contributed by atoms with Crippen LogP contribution in [0, 0.1) is 0 Å². The van der Waals surface area contributed by atoms with Crippen LogP contribution in [0.3, 0.4) is 0 Å². The van der Waals surface area contributed by atoms with Crippen molar-refractivity contribution in [2.45, 2.75) is 32.1 Å². The van der Waals surface area contributed by atoms with Crippen molar-refractivity contribution in [1.29, 1.82) is 0 Å². The van der Waals surface area contributed by atoms with E-state index in [1.807, 2.05) is 0 Å². The van der Waals surface area contributed by atoms with Crippen molar-refractivity contribution in [3.05, 3.63) is 0 Å². The average molecular weight is 296 g/mol. The largest absolute Gasteiger partial charge is 0.120 e. The van der Waals surface area contributed by atoms with Gasteiger partial charge in [-0.1, -0.05) is 0 Å². The number of rotatable bonds is 0. The van der Waals surface area contributed by atoms with Crippen molar-refractivity contribution in [3.63, 3.8) is 0 Å². The van der Waals surface area contributed by atoms with Crippen LogP contribution < -0.4 is 0 Å². The predicted molar refractivity (Wildman–Crippen MR) is 57.8 cm³/mol. The molecular formula is C6H6Cl6. The van der Waals surface area contributed by atoms with Crippen LogP contribution in [0.2, 0.25) is 0 Å². The Bertz CT molecular complexity index is 310. The van der Waals surface area contributed by atoms with Crippen molar-refractivity contribution >= 4 is 69.6 Å². The van der Waals surface area contributed by atoms with E-state index in [-0.39, 0.29) is 0 Å². The molecule has 0 unspecified atom stereocenters. The van der Waals surface area contributed by atoms with E-state index in [0.29, 0.717) is 0 Å². The van der Waals surface area contributed by atoms with Crippen LogP contribution in [0.15, 0.2) is 0 Å². The van der Waals surface area contributed by atoms with Gasteiger partial charge in [0.25, 0.3) is 0 Å². The lowest BCUT2D eigenvalue weighted by molar-refractivity contribution is 0.544. The van der Waals surface area contributed by atoms with Crippen molar-refractivity contribution in [3.8, 4) is 0 Å². The lowest BCUT2D eigenvalue weighted by Crippen LogP contribution is -2.52. The van der Waals surface area contributed by atoms with E-state index in [9.17, 15) is 0 Å². The lowest BCUT2D eigenvalue weighted by atomic mass is 9.97. The Morgan fingerprint density at radius 2 is 0.833 bits per heavy atom. The van der Waals surface area contributed by atoms with E-state index in [0.717, 1.165) is 0 Å². The molecule has 0 N–H and O–H groups in total. The van der Waals surface area contributed by atoms with Crippen LogP contribution in [-0.2, 0) is 0 Å². The summed E-state index contributed by atoms with van der Waals surface area (Å²) in [6, 6.07) is 0. The zero-order chi connectivity index (χ0) is 14.1.